The topological polar surface area (TPSA) is 85.9 Å². The zero-order valence-corrected chi connectivity index (χ0v) is 12.0. The fourth-order valence-electron chi connectivity index (χ4n) is 2.21. The summed E-state index contributed by atoms with van der Waals surface area (Å²) in [7, 11) is 0. The van der Waals surface area contributed by atoms with Gasteiger partial charge in [0.2, 0.25) is 0 Å². The van der Waals surface area contributed by atoms with Crippen LogP contribution in [0.1, 0.15) is 5.56 Å². The van der Waals surface area contributed by atoms with Crippen molar-refractivity contribution in [1.29, 1.82) is 0 Å². The standard InChI is InChI=1S/C14H10F3N5O2/c15-14(16,17)9-3-1-4-10(7-9)18-8-21-11-5-2-6-12(22(23)24)13(11)19-20-21/h1-7,18H,8H2. The second kappa shape index (κ2) is 5.80. The number of alkyl halides is 3. The van der Waals surface area contributed by atoms with E-state index in [-0.39, 0.29) is 23.6 Å². The minimum atomic E-state index is -4.43. The Balaban J connectivity index is 1.84. The maximum absolute atomic E-state index is 12.7. The van der Waals surface area contributed by atoms with Crippen molar-refractivity contribution < 1.29 is 18.1 Å². The largest absolute Gasteiger partial charge is 0.416 e. The van der Waals surface area contributed by atoms with E-state index >= 15 is 0 Å². The molecule has 1 heterocycles. The monoisotopic (exact) mass is 337 g/mol. The molecule has 1 N–H and O–H groups in total. The lowest BCUT2D eigenvalue weighted by Crippen LogP contribution is -2.11. The molecule has 0 saturated heterocycles. The van der Waals surface area contributed by atoms with Crippen LogP contribution in [-0.2, 0) is 12.8 Å². The normalized spacial score (nSPS) is 11.6. The second-order valence-electron chi connectivity index (χ2n) is 4.90. The third kappa shape index (κ3) is 2.98. The smallest absolute Gasteiger partial charge is 0.366 e. The van der Waals surface area contributed by atoms with E-state index in [4.69, 9.17) is 0 Å². The lowest BCUT2D eigenvalue weighted by Gasteiger charge is -2.10. The number of hydrogen-bond acceptors (Lipinski definition) is 5. The van der Waals surface area contributed by atoms with Crippen LogP contribution < -0.4 is 5.32 Å². The van der Waals surface area contributed by atoms with Crippen molar-refractivity contribution in [3.8, 4) is 0 Å². The number of halogens is 3. The van der Waals surface area contributed by atoms with Gasteiger partial charge in [-0.3, -0.25) is 10.1 Å². The van der Waals surface area contributed by atoms with E-state index in [9.17, 15) is 23.3 Å². The Kier molecular flexibility index (Phi) is 3.80. The van der Waals surface area contributed by atoms with E-state index in [1.807, 2.05) is 0 Å². The molecule has 0 fully saturated rings. The first kappa shape index (κ1) is 15.7. The summed E-state index contributed by atoms with van der Waals surface area (Å²) < 4.78 is 39.4. The first-order valence-corrected chi connectivity index (χ1v) is 6.74. The van der Waals surface area contributed by atoms with Gasteiger partial charge in [-0.1, -0.05) is 17.3 Å². The molecule has 24 heavy (non-hydrogen) atoms. The number of nitrogens with one attached hydrogen (secondary N) is 1. The number of rotatable bonds is 4. The molecule has 10 heteroatoms. The number of aromatic nitrogens is 3. The second-order valence-corrected chi connectivity index (χ2v) is 4.90. The highest BCUT2D eigenvalue weighted by Gasteiger charge is 2.30. The summed E-state index contributed by atoms with van der Waals surface area (Å²) in [5, 5.41) is 21.3. The van der Waals surface area contributed by atoms with E-state index in [0.29, 0.717) is 5.52 Å². The lowest BCUT2D eigenvalue weighted by atomic mass is 10.2. The molecule has 124 valence electrons. The van der Waals surface area contributed by atoms with Gasteiger partial charge < -0.3 is 5.32 Å². The van der Waals surface area contributed by atoms with Crippen LogP contribution >= 0.6 is 0 Å². The number of non-ortho nitro benzene ring substituents is 1. The van der Waals surface area contributed by atoms with E-state index < -0.39 is 16.7 Å². The number of nitro benzene ring substituents is 1. The third-order valence-corrected chi connectivity index (χ3v) is 3.34. The van der Waals surface area contributed by atoms with Gasteiger partial charge in [-0.25, -0.2) is 4.68 Å². The molecule has 0 aliphatic rings. The van der Waals surface area contributed by atoms with Gasteiger partial charge in [0.15, 0.2) is 5.52 Å². The van der Waals surface area contributed by atoms with Crippen LogP contribution in [0.2, 0.25) is 0 Å². The minimum absolute atomic E-state index is 0.0129. The maximum Gasteiger partial charge on any atom is 0.416 e. The van der Waals surface area contributed by atoms with Gasteiger partial charge in [-0.15, -0.1) is 5.10 Å². The molecule has 1 aromatic heterocycles. The van der Waals surface area contributed by atoms with Crippen LogP contribution in [0, 0.1) is 10.1 Å². The first-order valence-electron chi connectivity index (χ1n) is 6.74. The minimum Gasteiger partial charge on any atom is -0.366 e. The summed E-state index contributed by atoms with van der Waals surface area (Å²) in [5.74, 6) is 0. The number of hydrogen-bond donors (Lipinski definition) is 1. The van der Waals surface area contributed by atoms with Crippen molar-refractivity contribution in [1.82, 2.24) is 15.0 Å². The van der Waals surface area contributed by atoms with Crippen LogP contribution in [-0.4, -0.2) is 19.9 Å². The molecule has 0 spiro atoms. The summed E-state index contributed by atoms with van der Waals surface area (Å²) in [5.41, 5.74) is -0.180. The average Bonchev–Trinajstić information content (AvgIpc) is 2.95. The molecule has 7 nitrogen and oxygen atoms in total. The fraction of sp³-hybridized carbons (Fsp3) is 0.143. The van der Waals surface area contributed by atoms with Crippen molar-refractivity contribution in [3.05, 3.63) is 58.1 Å². The summed E-state index contributed by atoms with van der Waals surface area (Å²) >= 11 is 0. The Labute approximate surface area is 132 Å². The maximum atomic E-state index is 12.7. The Morgan fingerprint density at radius 2 is 1.96 bits per heavy atom. The number of benzene rings is 2. The molecule has 0 atom stereocenters. The summed E-state index contributed by atoms with van der Waals surface area (Å²) in [6.45, 7) is 0.0129. The van der Waals surface area contributed by atoms with Crippen molar-refractivity contribution in [2.45, 2.75) is 12.8 Å². The molecule has 0 aliphatic heterocycles. The zero-order valence-electron chi connectivity index (χ0n) is 12.0. The molecule has 0 radical (unpaired) electrons. The van der Waals surface area contributed by atoms with Crippen molar-refractivity contribution in [3.63, 3.8) is 0 Å². The fourth-order valence-corrected chi connectivity index (χ4v) is 2.21. The Bertz CT molecular complexity index is 907. The van der Waals surface area contributed by atoms with E-state index in [1.54, 1.807) is 6.07 Å². The number of anilines is 1. The Morgan fingerprint density at radius 3 is 2.67 bits per heavy atom. The van der Waals surface area contributed by atoms with Crippen LogP contribution in [0.5, 0.6) is 0 Å². The van der Waals surface area contributed by atoms with E-state index in [0.717, 1.165) is 12.1 Å². The highest BCUT2D eigenvalue weighted by Crippen LogP contribution is 2.30. The SMILES string of the molecule is O=[N+]([O-])c1cccc2c1nnn2CNc1cccc(C(F)(F)F)c1. The highest BCUT2D eigenvalue weighted by molar-refractivity contribution is 5.83. The van der Waals surface area contributed by atoms with Gasteiger partial charge in [0, 0.05) is 11.8 Å². The van der Waals surface area contributed by atoms with Gasteiger partial charge in [-0.05, 0) is 24.3 Å². The Hall–Kier alpha value is -3.17. The lowest BCUT2D eigenvalue weighted by molar-refractivity contribution is -0.383. The predicted molar refractivity (Wildman–Crippen MR) is 79.2 cm³/mol. The molecular formula is C14H10F3N5O2. The molecule has 0 unspecified atom stereocenters. The van der Waals surface area contributed by atoms with Crippen molar-refractivity contribution in [2.24, 2.45) is 0 Å². The zero-order chi connectivity index (χ0) is 17.3. The molecule has 3 rings (SSSR count). The Morgan fingerprint density at radius 1 is 1.21 bits per heavy atom. The number of nitro groups is 1. The van der Waals surface area contributed by atoms with E-state index in [2.05, 4.69) is 15.6 Å². The first-order chi connectivity index (χ1) is 11.4. The molecule has 0 bridgehead atoms. The molecule has 0 aliphatic carbocycles. The van der Waals surface area contributed by atoms with Crippen molar-refractivity contribution >= 4 is 22.4 Å². The predicted octanol–water partition coefficient (Wildman–Crippen LogP) is 3.43. The molecular weight excluding hydrogens is 327 g/mol. The highest BCUT2D eigenvalue weighted by atomic mass is 19.4. The molecule has 0 amide bonds. The van der Waals surface area contributed by atoms with E-state index in [1.165, 1.54) is 28.9 Å². The summed E-state index contributed by atoms with van der Waals surface area (Å²) in [4.78, 5) is 10.4. The van der Waals surface area contributed by atoms with Gasteiger partial charge in [0.25, 0.3) is 5.69 Å². The average molecular weight is 337 g/mol. The van der Waals surface area contributed by atoms with Gasteiger partial charge in [0.05, 0.1) is 16.0 Å². The molecule has 0 saturated carbocycles. The molecule has 2 aromatic carbocycles. The number of fused-ring (bicyclic) bond motifs is 1. The van der Waals surface area contributed by atoms with Crippen LogP contribution in [0.25, 0.3) is 11.0 Å². The third-order valence-electron chi connectivity index (χ3n) is 3.34. The summed E-state index contributed by atoms with van der Waals surface area (Å²) in [6.07, 6.45) is -4.43. The van der Waals surface area contributed by atoms with Gasteiger partial charge >= 0.3 is 6.18 Å². The van der Waals surface area contributed by atoms with Crippen molar-refractivity contribution in [2.75, 3.05) is 5.32 Å². The van der Waals surface area contributed by atoms with Gasteiger partial charge in [-0.2, -0.15) is 13.2 Å². The van der Waals surface area contributed by atoms with Crippen LogP contribution in [0.4, 0.5) is 24.5 Å². The van der Waals surface area contributed by atoms with Crippen LogP contribution in [0.15, 0.2) is 42.5 Å². The van der Waals surface area contributed by atoms with Crippen LogP contribution in [0.3, 0.4) is 0 Å². The van der Waals surface area contributed by atoms with Gasteiger partial charge in [0.1, 0.15) is 6.67 Å². The molecule has 3 aromatic rings. The quantitative estimate of drug-likeness (QED) is 0.582. The number of nitrogens with zero attached hydrogens (tertiary/aromatic N) is 4. The summed E-state index contributed by atoms with van der Waals surface area (Å²) in [6, 6.07) is 9.11.